The fourth-order valence-corrected chi connectivity index (χ4v) is 4.63. The van der Waals surface area contributed by atoms with Gasteiger partial charge in [0.15, 0.2) is 0 Å². The molecule has 0 saturated heterocycles. The zero-order chi connectivity index (χ0) is 22.2. The predicted octanol–water partition coefficient (Wildman–Crippen LogP) is 8.98. The highest BCUT2D eigenvalue weighted by Gasteiger charge is 2.17. The van der Waals surface area contributed by atoms with Gasteiger partial charge in [0, 0.05) is 20.2 Å². The largest absolute Gasteiger partial charge is 0.466 e. The van der Waals surface area contributed by atoms with Crippen molar-refractivity contribution in [2.45, 2.75) is 54.9 Å². The van der Waals surface area contributed by atoms with E-state index in [1.165, 1.54) is 11.3 Å². The summed E-state index contributed by atoms with van der Waals surface area (Å²) in [5, 5.41) is 0. The molecule has 2 nitrogen and oxygen atoms in total. The Labute approximate surface area is 189 Å². The van der Waals surface area contributed by atoms with Gasteiger partial charge in [-0.05, 0) is 30.7 Å². The van der Waals surface area contributed by atoms with Gasteiger partial charge < -0.3 is 4.74 Å². The van der Waals surface area contributed by atoms with Gasteiger partial charge in [0.1, 0.15) is 0 Å². The number of benzene rings is 1. The van der Waals surface area contributed by atoms with Crippen molar-refractivity contribution < 1.29 is 9.53 Å². The van der Waals surface area contributed by atoms with Crippen molar-refractivity contribution in [1.29, 1.82) is 0 Å². The molecule has 2 heterocycles. The monoisotopic (exact) mass is 452 g/mol. The van der Waals surface area contributed by atoms with Crippen LogP contribution in [-0.2, 0) is 16.0 Å². The number of rotatable bonds is 5. The van der Waals surface area contributed by atoms with E-state index in [9.17, 15) is 4.79 Å². The van der Waals surface area contributed by atoms with Crippen LogP contribution in [0.2, 0.25) is 4.34 Å². The molecule has 0 radical (unpaired) electrons. The summed E-state index contributed by atoms with van der Waals surface area (Å²) in [5.74, 6) is -0.196. The van der Waals surface area contributed by atoms with Crippen LogP contribution in [0.15, 0.2) is 48.5 Å². The molecule has 0 saturated carbocycles. The Morgan fingerprint density at radius 2 is 1.52 bits per heavy atom. The Kier molecular flexibility index (Phi) is 15.3. The fraction of sp³-hybridized carbons (Fsp3) is 0.375. The lowest BCUT2D eigenvalue weighted by Crippen LogP contribution is -2.06. The van der Waals surface area contributed by atoms with Gasteiger partial charge >= 0.3 is 5.97 Å². The second-order valence-corrected chi connectivity index (χ2v) is 7.75. The maximum atomic E-state index is 11.9. The quantitative estimate of drug-likeness (QED) is 0.361. The van der Waals surface area contributed by atoms with Crippen molar-refractivity contribution >= 4 is 40.2 Å². The highest BCUT2D eigenvalue weighted by atomic mass is 35.5. The first kappa shape index (κ1) is 27.4. The zero-order valence-electron chi connectivity index (χ0n) is 18.5. The number of halogens is 1. The maximum Gasteiger partial charge on any atom is 0.311 e. The van der Waals surface area contributed by atoms with Gasteiger partial charge in [-0.2, -0.15) is 0 Å². The van der Waals surface area contributed by atoms with Crippen LogP contribution in [-0.4, -0.2) is 12.6 Å². The molecule has 1 aromatic carbocycles. The average Bonchev–Trinajstić information content (AvgIpc) is 3.39. The number of carbonyl (C=O) groups is 1. The van der Waals surface area contributed by atoms with E-state index in [1.807, 2.05) is 78.8 Å². The van der Waals surface area contributed by atoms with E-state index in [2.05, 4.69) is 18.2 Å². The van der Waals surface area contributed by atoms with Crippen molar-refractivity contribution in [3.63, 3.8) is 0 Å². The average molecular weight is 453 g/mol. The summed E-state index contributed by atoms with van der Waals surface area (Å²) < 4.78 is 5.85. The number of hydrogen-bond donors (Lipinski definition) is 0. The van der Waals surface area contributed by atoms with Crippen molar-refractivity contribution in [3.05, 3.63) is 57.7 Å². The van der Waals surface area contributed by atoms with E-state index >= 15 is 0 Å². The van der Waals surface area contributed by atoms with Crippen LogP contribution in [0, 0.1) is 0 Å². The molecule has 0 atom stereocenters. The van der Waals surface area contributed by atoms with Crippen LogP contribution < -0.4 is 0 Å². The number of thiophene rings is 2. The Balaban J connectivity index is 0.00000120. The summed E-state index contributed by atoms with van der Waals surface area (Å²) in [6, 6.07) is 16.2. The fourth-order valence-electron chi connectivity index (χ4n) is 2.32. The van der Waals surface area contributed by atoms with Gasteiger partial charge in [-0.25, -0.2) is 0 Å². The van der Waals surface area contributed by atoms with Gasteiger partial charge in [-0.15, -0.1) is 22.7 Å². The molecule has 0 spiro atoms. The first-order valence-corrected chi connectivity index (χ1v) is 12.3. The first-order chi connectivity index (χ1) is 14.2. The topological polar surface area (TPSA) is 26.3 Å². The molecule has 0 amide bonds. The van der Waals surface area contributed by atoms with Crippen LogP contribution in [0.4, 0.5) is 0 Å². The van der Waals surface area contributed by atoms with Crippen LogP contribution >= 0.6 is 34.3 Å². The minimum atomic E-state index is -0.196. The normalized spacial score (nSPS) is 9.10. The Morgan fingerprint density at radius 1 is 0.897 bits per heavy atom. The van der Waals surface area contributed by atoms with Crippen LogP contribution in [0.3, 0.4) is 0 Å². The second-order valence-electron chi connectivity index (χ2n) is 4.90. The summed E-state index contributed by atoms with van der Waals surface area (Å²) in [6.07, 6.45) is 0.288. The van der Waals surface area contributed by atoms with E-state index in [1.54, 1.807) is 11.3 Å². The van der Waals surface area contributed by atoms with Gasteiger partial charge in [0.05, 0.1) is 17.4 Å². The molecule has 29 heavy (non-hydrogen) atoms. The SMILES string of the molecule is CC.CC.CC.CCOC(=O)Cc1sc(-c2ccccc2)cc1-c1ccc(Cl)s1. The molecular weight excluding hydrogens is 420 g/mol. The molecule has 3 aromatic rings. The number of ether oxygens (including phenoxy) is 1. The Morgan fingerprint density at radius 3 is 2.03 bits per heavy atom. The van der Waals surface area contributed by atoms with E-state index in [4.69, 9.17) is 16.3 Å². The summed E-state index contributed by atoms with van der Waals surface area (Å²) in [5.41, 5.74) is 2.22. The molecule has 0 bridgehead atoms. The van der Waals surface area contributed by atoms with E-state index in [-0.39, 0.29) is 12.4 Å². The summed E-state index contributed by atoms with van der Waals surface area (Å²) >= 11 is 9.23. The third-order valence-corrected chi connectivity index (χ3v) is 5.76. The van der Waals surface area contributed by atoms with E-state index in [0.717, 1.165) is 30.1 Å². The van der Waals surface area contributed by atoms with Gasteiger partial charge in [-0.3, -0.25) is 4.79 Å². The lowest BCUT2D eigenvalue weighted by Gasteiger charge is -2.02. The summed E-state index contributed by atoms with van der Waals surface area (Å²) in [6.45, 7) is 14.2. The third kappa shape index (κ3) is 8.73. The highest BCUT2D eigenvalue weighted by molar-refractivity contribution is 7.20. The molecule has 0 unspecified atom stereocenters. The van der Waals surface area contributed by atoms with Gasteiger partial charge in [0.2, 0.25) is 0 Å². The highest BCUT2D eigenvalue weighted by Crippen LogP contribution is 2.41. The van der Waals surface area contributed by atoms with Crippen molar-refractivity contribution in [2.24, 2.45) is 0 Å². The molecule has 0 aliphatic heterocycles. The molecule has 3 rings (SSSR count). The number of esters is 1. The first-order valence-electron chi connectivity index (χ1n) is 10.3. The maximum absolute atomic E-state index is 11.9. The molecule has 0 aliphatic carbocycles. The smallest absolute Gasteiger partial charge is 0.311 e. The molecule has 5 heteroatoms. The minimum absolute atomic E-state index is 0.196. The summed E-state index contributed by atoms with van der Waals surface area (Å²) in [7, 11) is 0. The number of hydrogen-bond acceptors (Lipinski definition) is 4. The van der Waals surface area contributed by atoms with Crippen molar-refractivity contribution in [3.8, 4) is 20.9 Å². The molecular formula is C24H33ClO2S2. The molecule has 0 aliphatic rings. The van der Waals surface area contributed by atoms with Crippen molar-refractivity contribution in [2.75, 3.05) is 6.61 Å². The van der Waals surface area contributed by atoms with Crippen LogP contribution in [0.1, 0.15) is 53.3 Å². The second kappa shape index (κ2) is 16.2. The molecule has 160 valence electrons. The van der Waals surface area contributed by atoms with Crippen LogP contribution in [0.5, 0.6) is 0 Å². The third-order valence-electron chi connectivity index (χ3n) is 3.32. The molecule has 2 aromatic heterocycles. The number of carbonyl (C=O) groups excluding carboxylic acids is 1. The minimum Gasteiger partial charge on any atom is -0.466 e. The van der Waals surface area contributed by atoms with E-state index < -0.39 is 0 Å². The zero-order valence-corrected chi connectivity index (χ0v) is 20.9. The lowest BCUT2D eigenvalue weighted by molar-refractivity contribution is -0.142. The van der Waals surface area contributed by atoms with E-state index in [0.29, 0.717) is 6.61 Å². The molecule has 0 fully saturated rings. The standard InChI is InChI=1S/C18H15ClO2S2.3C2H6/c1-2-21-18(20)11-16-13(14-8-9-17(19)23-14)10-15(22-16)12-6-4-3-5-7-12;3*1-2/h3-10H,2,11H2,1H3;3*1-2H3. The summed E-state index contributed by atoms with van der Waals surface area (Å²) in [4.78, 5) is 15.1. The Bertz CT molecular complexity index is 807. The lowest BCUT2D eigenvalue weighted by atomic mass is 10.1. The van der Waals surface area contributed by atoms with Gasteiger partial charge in [-0.1, -0.05) is 83.5 Å². The predicted molar refractivity (Wildman–Crippen MR) is 132 cm³/mol. The van der Waals surface area contributed by atoms with Crippen molar-refractivity contribution in [1.82, 2.24) is 0 Å². The Hall–Kier alpha value is -1.62. The van der Waals surface area contributed by atoms with Gasteiger partial charge in [0.25, 0.3) is 0 Å². The van der Waals surface area contributed by atoms with Crippen LogP contribution in [0.25, 0.3) is 20.9 Å². The molecule has 0 N–H and O–H groups in total.